The Kier molecular flexibility index (Phi) is 4.36. The summed E-state index contributed by atoms with van der Waals surface area (Å²) in [5.41, 5.74) is 0.0918. The van der Waals surface area contributed by atoms with E-state index in [1.165, 1.54) is 12.8 Å². The van der Waals surface area contributed by atoms with Gasteiger partial charge in [-0.25, -0.2) is 4.79 Å². The smallest absolute Gasteiger partial charge is 0.404 e. The summed E-state index contributed by atoms with van der Waals surface area (Å²) < 4.78 is 0. The largest absolute Gasteiger partial charge is 0.465 e. The van der Waals surface area contributed by atoms with Gasteiger partial charge in [0.15, 0.2) is 0 Å². The number of hydrogen-bond donors (Lipinski definition) is 3. The minimum Gasteiger partial charge on any atom is -0.465 e. The number of nitrogens with one attached hydrogen (secondary N) is 2. The van der Waals surface area contributed by atoms with Crippen molar-refractivity contribution < 1.29 is 9.90 Å². The molecule has 2 saturated heterocycles. The molecule has 2 heterocycles. The van der Waals surface area contributed by atoms with E-state index in [1.807, 2.05) is 0 Å². The highest BCUT2D eigenvalue weighted by Crippen LogP contribution is 2.35. The van der Waals surface area contributed by atoms with Gasteiger partial charge in [-0.1, -0.05) is 20.8 Å². The van der Waals surface area contributed by atoms with Crippen LogP contribution in [0.1, 0.15) is 40.0 Å². The van der Waals surface area contributed by atoms with Crippen LogP contribution < -0.4 is 10.6 Å². The van der Waals surface area contributed by atoms with Gasteiger partial charge in [0.25, 0.3) is 0 Å². The Morgan fingerprint density at radius 1 is 1.26 bits per heavy atom. The van der Waals surface area contributed by atoms with Crippen molar-refractivity contribution in [1.29, 1.82) is 0 Å². The summed E-state index contributed by atoms with van der Waals surface area (Å²) >= 11 is 0. The molecule has 2 atom stereocenters. The SMILES string of the molecule is CC(C)(C)C1C(NC(=O)O)CCN1C1CCNCC1. The molecule has 0 aliphatic carbocycles. The molecule has 2 unspecified atom stereocenters. The fourth-order valence-corrected chi connectivity index (χ4v) is 3.77. The fraction of sp³-hybridized carbons (Fsp3) is 0.929. The van der Waals surface area contributed by atoms with E-state index < -0.39 is 6.09 Å². The average Bonchev–Trinajstić information content (AvgIpc) is 2.72. The molecule has 5 heteroatoms. The molecular formula is C14H27N3O2. The maximum Gasteiger partial charge on any atom is 0.404 e. The van der Waals surface area contributed by atoms with Gasteiger partial charge < -0.3 is 15.7 Å². The van der Waals surface area contributed by atoms with Crippen LogP contribution in [0.25, 0.3) is 0 Å². The molecule has 3 N–H and O–H groups in total. The molecule has 2 aliphatic rings. The molecule has 0 aromatic heterocycles. The first kappa shape index (κ1) is 14.6. The lowest BCUT2D eigenvalue weighted by molar-refractivity contribution is 0.0677. The zero-order valence-corrected chi connectivity index (χ0v) is 12.3. The maximum absolute atomic E-state index is 11.0. The third kappa shape index (κ3) is 3.39. The van der Waals surface area contributed by atoms with Gasteiger partial charge in [0.05, 0.1) is 0 Å². The van der Waals surface area contributed by atoms with Crippen molar-refractivity contribution in [2.24, 2.45) is 5.41 Å². The van der Waals surface area contributed by atoms with Crippen molar-refractivity contribution in [3.05, 3.63) is 0 Å². The normalized spacial score (nSPS) is 30.5. The van der Waals surface area contributed by atoms with Crippen molar-refractivity contribution in [1.82, 2.24) is 15.5 Å². The van der Waals surface area contributed by atoms with Gasteiger partial charge >= 0.3 is 6.09 Å². The zero-order chi connectivity index (χ0) is 14.0. The van der Waals surface area contributed by atoms with Gasteiger partial charge in [-0.3, -0.25) is 4.90 Å². The van der Waals surface area contributed by atoms with Gasteiger partial charge in [0, 0.05) is 24.7 Å². The molecule has 5 nitrogen and oxygen atoms in total. The Morgan fingerprint density at radius 2 is 1.89 bits per heavy atom. The summed E-state index contributed by atoms with van der Waals surface area (Å²) in [5, 5.41) is 15.1. The standard InChI is InChI=1S/C14H27N3O2/c1-14(2,3)12-11(16-13(18)19)6-9-17(12)10-4-7-15-8-5-10/h10-12,15-16H,4-9H2,1-3H3,(H,18,19). The summed E-state index contributed by atoms with van der Waals surface area (Å²) in [5.74, 6) is 0. The Bertz CT molecular complexity index is 321. The summed E-state index contributed by atoms with van der Waals surface area (Å²) in [6.45, 7) is 9.82. The van der Waals surface area contributed by atoms with E-state index in [9.17, 15) is 4.79 Å². The fourth-order valence-electron chi connectivity index (χ4n) is 3.77. The first-order valence-corrected chi connectivity index (χ1v) is 7.35. The van der Waals surface area contributed by atoms with E-state index in [0.717, 1.165) is 26.1 Å². The quantitative estimate of drug-likeness (QED) is 0.711. The molecular weight excluding hydrogens is 242 g/mol. The lowest BCUT2D eigenvalue weighted by atomic mass is 9.81. The van der Waals surface area contributed by atoms with Crippen LogP contribution >= 0.6 is 0 Å². The summed E-state index contributed by atoms with van der Waals surface area (Å²) in [4.78, 5) is 13.5. The lowest BCUT2D eigenvalue weighted by Crippen LogP contribution is -2.55. The van der Waals surface area contributed by atoms with Crippen LogP contribution in [0.4, 0.5) is 4.79 Å². The van der Waals surface area contributed by atoms with E-state index in [1.54, 1.807) is 0 Å². The number of nitrogens with zero attached hydrogens (tertiary/aromatic N) is 1. The molecule has 0 aromatic carbocycles. The number of piperidine rings is 1. The topological polar surface area (TPSA) is 64.6 Å². The van der Waals surface area contributed by atoms with Crippen molar-refractivity contribution in [2.45, 2.75) is 58.2 Å². The number of likely N-dealkylation sites (tertiary alicyclic amines) is 1. The minimum atomic E-state index is -0.897. The van der Waals surface area contributed by atoms with E-state index in [0.29, 0.717) is 12.1 Å². The first-order valence-electron chi connectivity index (χ1n) is 7.35. The molecule has 0 bridgehead atoms. The van der Waals surface area contributed by atoms with E-state index in [-0.39, 0.29) is 11.5 Å². The predicted octanol–water partition coefficient (Wildman–Crippen LogP) is 1.49. The molecule has 0 radical (unpaired) electrons. The second kappa shape index (κ2) is 5.67. The molecule has 0 saturated carbocycles. The lowest BCUT2D eigenvalue weighted by Gasteiger charge is -2.43. The van der Waals surface area contributed by atoms with Crippen molar-refractivity contribution in [3.8, 4) is 0 Å². The Balaban J connectivity index is 2.11. The van der Waals surface area contributed by atoms with Crippen LogP contribution in [0.15, 0.2) is 0 Å². The Morgan fingerprint density at radius 3 is 2.42 bits per heavy atom. The highest BCUT2D eigenvalue weighted by molar-refractivity contribution is 5.65. The number of rotatable bonds is 2. The van der Waals surface area contributed by atoms with Crippen LogP contribution in [-0.4, -0.2) is 53.9 Å². The van der Waals surface area contributed by atoms with Crippen molar-refractivity contribution >= 4 is 6.09 Å². The van der Waals surface area contributed by atoms with Crippen LogP contribution in [0.5, 0.6) is 0 Å². The molecule has 2 fully saturated rings. The van der Waals surface area contributed by atoms with Gasteiger partial charge in [-0.2, -0.15) is 0 Å². The number of hydrogen-bond acceptors (Lipinski definition) is 3. The monoisotopic (exact) mass is 269 g/mol. The molecule has 2 rings (SSSR count). The molecule has 0 aromatic rings. The third-order valence-electron chi connectivity index (χ3n) is 4.41. The summed E-state index contributed by atoms with van der Waals surface area (Å²) in [6, 6.07) is 0.963. The highest BCUT2D eigenvalue weighted by Gasteiger charge is 2.44. The molecule has 0 spiro atoms. The summed E-state index contributed by atoms with van der Waals surface area (Å²) in [7, 11) is 0. The van der Waals surface area contributed by atoms with Crippen molar-refractivity contribution in [3.63, 3.8) is 0 Å². The highest BCUT2D eigenvalue weighted by atomic mass is 16.4. The predicted molar refractivity (Wildman–Crippen MR) is 75.4 cm³/mol. The van der Waals surface area contributed by atoms with Gasteiger partial charge in [0.1, 0.15) is 0 Å². The van der Waals surface area contributed by atoms with Crippen LogP contribution in [0.3, 0.4) is 0 Å². The van der Waals surface area contributed by atoms with Crippen LogP contribution in [0, 0.1) is 5.41 Å². The van der Waals surface area contributed by atoms with E-state index >= 15 is 0 Å². The van der Waals surface area contributed by atoms with E-state index in [2.05, 4.69) is 36.3 Å². The first-order chi connectivity index (χ1) is 8.89. The van der Waals surface area contributed by atoms with E-state index in [4.69, 9.17) is 5.11 Å². The Labute approximate surface area is 115 Å². The number of carbonyl (C=O) groups is 1. The van der Waals surface area contributed by atoms with Crippen molar-refractivity contribution in [2.75, 3.05) is 19.6 Å². The van der Waals surface area contributed by atoms with Crippen LogP contribution in [0.2, 0.25) is 0 Å². The molecule has 1 amide bonds. The second-order valence-corrected chi connectivity index (χ2v) is 6.87. The number of amides is 1. The molecule has 110 valence electrons. The molecule has 19 heavy (non-hydrogen) atoms. The van der Waals surface area contributed by atoms with Gasteiger partial charge in [0.2, 0.25) is 0 Å². The van der Waals surface area contributed by atoms with Gasteiger partial charge in [-0.05, 0) is 37.8 Å². The van der Waals surface area contributed by atoms with Crippen LogP contribution in [-0.2, 0) is 0 Å². The minimum absolute atomic E-state index is 0.0624. The average molecular weight is 269 g/mol. The maximum atomic E-state index is 11.0. The number of carboxylic acid groups (broad SMARTS) is 1. The third-order valence-corrected chi connectivity index (χ3v) is 4.41. The van der Waals surface area contributed by atoms with Gasteiger partial charge in [-0.15, -0.1) is 0 Å². The Hall–Kier alpha value is -0.810. The second-order valence-electron chi connectivity index (χ2n) is 6.87. The molecule has 2 aliphatic heterocycles. The summed E-state index contributed by atoms with van der Waals surface area (Å²) in [6.07, 6.45) is 2.38. The zero-order valence-electron chi connectivity index (χ0n) is 12.3.